The highest BCUT2D eigenvalue weighted by Crippen LogP contribution is 2.36. The normalized spacial score (nSPS) is 15.9. The number of carbonyl (C=O) groups excluding carboxylic acids is 3. The average molecular weight is 316 g/mol. The van der Waals surface area contributed by atoms with E-state index in [0.29, 0.717) is 11.1 Å². The van der Waals surface area contributed by atoms with Crippen LogP contribution in [-0.4, -0.2) is 59.5 Å². The Morgan fingerprint density at radius 3 is 1.87 bits per heavy atom. The van der Waals surface area contributed by atoms with Crippen molar-refractivity contribution in [1.82, 2.24) is 9.80 Å². The summed E-state index contributed by atoms with van der Waals surface area (Å²) in [5.41, 5.74) is -0.558. The second-order valence-electron chi connectivity index (χ2n) is 5.83. The number of Topliss-reactive ketones (excluding diaryl/α,β-unsaturated/α-hetero) is 2. The van der Waals surface area contributed by atoms with Crippen molar-refractivity contribution in [3.63, 3.8) is 0 Å². The number of ketones is 2. The van der Waals surface area contributed by atoms with Gasteiger partial charge < -0.3 is 4.90 Å². The number of hydrogen-bond acceptors (Lipinski definition) is 4. The van der Waals surface area contributed by atoms with Crippen LogP contribution in [0.3, 0.4) is 0 Å². The lowest BCUT2D eigenvalue weighted by Crippen LogP contribution is -2.58. The third kappa shape index (κ3) is 2.59. The fraction of sp³-hybridized carbons (Fsp3) is 0.500. The molecule has 5 heteroatoms. The lowest BCUT2D eigenvalue weighted by atomic mass is 9.88. The van der Waals surface area contributed by atoms with Gasteiger partial charge in [-0.1, -0.05) is 45.0 Å². The van der Waals surface area contributed by atoms with Gasteiger partial charge >= 0.3 is 0 Å². The topological polar surface area (TPSA) is 57.7 Å². The molecule has 0 saturated heterocycles. The molecule has 0 atom stereocenters. The number of hydrogen-bond donors (Lipinski definition) is 0. The zero-order valence-electron chi connectivity index (χ0n) is 14.3. The van der Waals surface area contributed by atoms with Crippen molar-refractivity contribution in [2.75, 3.05) is 26.7 Å². The molecular weight excluding hydrogens is 292 g/mol. The van der Waals surface area contributed by atoms with Gasteiger partial charge in [-0.2, -0.15) is 0 Å². The van der Waals surface area contributed by atoms with Gasteiger partial charge in [0.05, 0.1) is 6.54 Å². The summed E-state index contributed by atoms with van der Waals surface area (Å²) in [5, 5.41) is 0. The zero-order valence-corrected chi connectivity index (χ0v) is 14.3. The fourth-order valence-corrected chi connectivity index (χ4v) is 3.25. The predicted octanol–water partition coefficient (Wildman–Crippen LogP) is 2.01. The van der Waals surface area contributed by atoms with Crippen molar-refractivity contribution in [3.05, 3.63) is 35.4 Å². The number of rotatable bonds is 6. The number of amides is 1. The van der Waals surface area contributed by atoms with Crippen molar-refractivity contribution in [2.45, 2.75) is 32.7 Å². The van der Waals surface area contributed by atoms with Gasteiger partial charge in [-0.15, -0.1) is 0 Å². The maximum absolute atomic E-state index is 12.9. The minimum atomic E-state index is -1.39. The number of fused-ring (bicyclic) bond motifs is 1. The molecule has 0 N–H and O–H groups in total. The summed E-state index contributed by atoms with van der Waals surface area (Å²) in [6, 6.07) is 6.81. The van der Waals surface area contributed by atoms with E-state index in [1.807, 2.05) is 18.7 Å². The highest BCUT2D eigenvalue weighted by Gasteiger charge is 2.55. The predicted molar refractivity (Wildman–Crippen MR) is 88.7 cm³/mol. The Bertz CT molecular complexity index is 600. The monoisotopic (exact) mass is 316 g/mol. The lowest BCUT2D eigenvalue weighted by Gasteiger charge is -2.36. The van der Waals surface area contributed by atoms with E-state index < -0.39 is 5.54 Å². The van der Waals surface area contributed by atoms with Gasteiger partial charge in [0.15, 0.2) is 17.1 Å². The summed E-state index contributed by atoms with van der Waals surface area (Å²) in [6.07, 6.45) is 0.278. The molecule has 0 aliphatic heterocycles. The first-order chi connectivity index (χ1) is 10.9. The molecule has 0 radical (unpaired) electrons. The van der Waals surface area contributed by atoms with E-state index in [4.69, 9.17) is 0 Å². The molecule has 1 aromatic carbocycles. The molecule has 5 nitrogen and oxygen atoms in total. The maximum Gasteiger partial charge on any atom is 0.237 e. The van der Waals surface area contributed by atoms with Crippen LogP contribution in [0.1, 0.15) is 47.9 Å². The first kappa shape index (κ1) is 17.3. The molecule has 0 bridgehead atoms. The van der Waals surface area contributed by atoms with Crippen LogP contribution < -0.4 is 0 Å². The van der Waals surface area contributed by atoms with Crippen molar-refractivity contribution < 1.29 is 14.4 Å². The maximum atomic E-state index is 12.9. The standard InChI is InChI=1S/C18H24N2O3/c1-5-18(19(4)15(21)12-20(6-2)7-3)16(22)13-10-8-9-11-14(13)17(18)23/h8-11H,5-7,12H2,1-4H3. The van der Waals surface area contributed by atoms with Crippen LogP contribution in [0.25, 0.3) is 0 Å². The summed E-state index contributed by atoms with van der Waals surface area (Å²) in [5.74, 6) is -0.739. The Balaban J connectivity index is 2.37. The van der Waals surface area contributed by atoms with Crippen LogP contribution in [-0.2, 0) is 4.79 Å². The number of likely N-dealkylation sites (N-methyl/N-ethyl adjacent to an activating group) is 2. The molecule has 1 aliphatic rings. The Kier molecular flexibility index (Phi) is 5.00. The van der Waals surface area contributed by atoms with Crippen LogP contribution in [0.2, 0.25) is 0 Å². The summed E-state index contributed by atoms with van der Waals surface area (Å²) in [7, 11) is 1.57. The number of nitrogens with zero attached hydrogens (tertiary/aromatic N) is 2. The third-order valence-corrected chi connectivity index (χ3v) is 4.88. The van der Waals surface area contributed by atoms with Crippen LogP contribution in [0, 0.1) is 0 Å². The highest BCUT2D eigenvalue weighted by molar-refractivity contribution is 6.33. The van der Waals surface area contributed by atoms with E-state index in [-0.39, 0.29) is 30.4 Å². The van der Waals surface area contributed by atoms with Crippen molar-refractivity contribution >= 4 is 17.5 Å². The number of benzene rings is 1. The van der Waals surface area contributed by atoms with Crippen molar-refractivity contribution in [3.8, 4) is 0 Å². The van der Waals surface area contributed by atoms with Gasteiger partial charge in [-0.3, -0.25) is 19.3 Å². The summed E-state index contributed by atoms with van der Waals surface area (Å²) in [4.78, 5) is 41.8. The van der Waals surface area contributed by atoms with Crippen molar-refractivity contribution in [1.29, 1.82) is 0 Å². The Morgan fingerprint density at radius 2 is 1.48 bits per heavy atom. The SMILES string of the molecule is CCN(CC)CC(=O)N(C)C1(CC)C(=O)c2ccccc2C1=O. The van der Waals surface area contributed by atoms with Gasteiger partial charge in [-0.05, 0) is 19.5 Å². The molecular formula is C18H24N2O3. The van der Waals surface area contributed by atoms with Crippen LogP contribution in [0.5, 0.6) is 0 Å². The molecule has 1 amide bonds. The van der Waals surface area contributed by atoms with E-state index in [0.717, 1.165) is 13.1 Å². The molecule has 2 rings (SSSR count). The smallest absolute Gasteiger partial charge is 0.237 e. The van der Waals surface area contributed by atoms with Gasteiger partial charge in [0.25, 0.3) is 0 Å². The van der Waals surface area contributed by atoms with Crippen LogP contribution in [0.15, 0.2) is 24.3 Å². The first-order valence-electron chi connectivity index (χ1n) is 8.11. The largest absolute Gasteiger partial charge is 0.325 e. The van der Waals surface area contributed by atoms with E-state index >= 15 is 0 Å². The van der Waals surface area contributed by atoms with Gasteiger partial charge in [0.1, 0.15) is 0 Å². The second kappa shape index (κ2) is 6.62. The number of carbonyl (C=O) groups is 3. The van der Waals surface area contributed by atoms with Gasteiger partial charge in [0.2, 0.25) is 5.91 Å². The Hall–Kier alpha value is -2.01. The molecule has 0 heterocycles. The van der Waals surface area contributed by atoms with E-state index in [2.05, 4.69) is 0 Å². The quantitative estimate of drug-likeness (QED) is 0.753. The molecule has 1 aliphatic carbocycles. The molecule has 0 unspecified atom stereocenters. The zero-order chi connectivity index (χ0) is 17.2. The van der Waals surface area contributed by atoms with E-state index in [1.54, 1.807) is 38.2 Å². The van der Waals surface area contributed by atoms with Gasteiger partial charge in [0, 0.05) is 18.2 Å². The lowest BCUT2D eigenvalue weighted by molar-refractivity contribution is -0.134. The first-order valence-corrected chi connectivity index (χ1v) is 8.11. The molecule has 0 spiro atoms. The van der Waals surface area contributed by atoms with Crippen LogP contribution >= 0.6 is 0 Å². The molecule has 0 fully saturated rings. The fourth-order valence-electron chi connectivity index (χ4n) is 3.25. The minimum Gasteiger partial charge on any atom is -0.325 e. The summed E-state index contributed by atoms with van der Waals surface area (Å²) < 4.78 is 0. The molecule has 0 aromatic heterocycles. The van der Waals surface area contributed by atoms with E-state index in [1.165, 1.54) is 4.90 Å². The average Bonchev–Trinajstić information content (AvgIpc) is 2.80. The Morgan fingerprint density at radius 1 is 1.00 bits per heavy atom. The Labute approximate surface area is 137 Å². The molecule has 23 heavy (non-hydrogen) atoms. The van der Waals surface area contributed by atoms with Crippen LogP contribution in [0.4, 0.5) is 0 Å². The van der Waals surface area contributed by atoms with Crippen molar-refractivity contribution in [2.24, 2.45) is 0 Å². The summed E-state index contributed by atoms with van der Waals surface area (Å²) in [6.45, 7) is 7.45. The second-order valence-corrected chi connectivity index (χ2v) is 5.83. The molecule has 1 aromatic rings. The third-order valence-electron chi connectivity index (χ3n) is 4.88. The molecule has 124 valence electrons. The highest BCUT2D eigenvalue weighted by atomic mass is 16.2. The summed E-state index contributed by atoms with van der Waals surface area (Å²) >= 11 is 0. The van der Waals surface area contributed by atoms with E-state index in [9.17, 15) is 14.4 Å². The molecule has 0 saturated carbocycles. The van der Waals surface area contributed by atoms with Gasteiger partial charge in [-0.25, -0.2) is 0 Å². The minimum absolute atomic E-state index is 0.204.